The van der Waals surface area contributed by atoms with E-state index in [2.05, 4.69) is 17.4 Å². The van der Waals surface area contributed by atoms with Crippen molar-refractivity contribution in [2.45, 2.75) is 6.42 Å². The number of hydrogen-bond donors (Lipinski definition) is 2. The summed E-state index contributed by atoms with van der Waals surface area (Å²) in [5, 5.41) is 13.6. The topological polar surface area (TPSA) is 61.3 Å². The van der Waals surface area contributed by atoms with Crippen LogP contribution in [0.25, 0.3) is 22.6 Å². The van der Waals surface area contributed by atoms with E-state index in [9.17, 15) is 5.11 Å². The molecule has 2 aromatic carbocycles. The molecule has 1 aliphatic rings. The van der Waals surface area contributed by atoms with Gasteiger partial charge >= 0.3 is 0 Å². The predicted molar refractivity (Wildman–Crippen MR) is 110 cm³/mol. The second kappa shape index (κ2) is 7.55. The molecule has 6 heteroatoms. The van der Waals surface area contributed by atoms with E-state index in [-0.39, 0.29) is 6.61 Å². The molecule has 0 fully saturated rings. The van der Waals surface area contributed by atoms with E-state index in [1.165, 1.54) is 0 Å². The van der Waals surface area contributed by atoms with Crippen LogP contribution < -0.4 is 10.2 Å². The lowest BCUT2D eigenvalue weighted by Crippen LogP contribution is -2.24. The van der Waals surface area contributed by atoms with Gasteiger partial charge in [0, 0.05) is 47.5 Å². The van der Waals surface area contributed by atoms with Gasteiger partial charge < -0.3 is 15.3 Å². The van der Waals surface area contributed by atoms with Crippen LogP contribution in [0.15, 0.2) is 48.5 Å². The molecule has 2 heterocycles. The van der Waals surface area contributed by atoms with Crippen molar-refractivity contribution in [3.8, 4) is 22.6 Å². The van der Waals surface area contributed by atoms with Gasteiger partial charge in [0.05, 0.1) is 12.3 Å². The normalized spacial score (nSPS) is 12.6. The van der Waals surface area contributed by atoms with Crippen molar-refractivity contribution in [1.29, 1.82) is 0 Å². The Labute approximate surface area is 163 Å². The molecular weight excluding hydrogens is 360 g/mol. The monoisotopic (exact) mass is 380 g/mol. The summed E-state index contributed by atoms with van der Waals surface area (Å²) in [6.45, 7) is 1.40. The van der Waals surface area contributed by atoms with Gasteiger partial charge in [-0.1, -0.05) is 29.8 Å². The van der Waals surface area contributed by atoms with Gasteiger partial charge in [-0.05, 0) is 36.8 Å². The van der Waals surface area contributed by atoms with E-state index in [1.54, 1.807) is 0 Å². The number of anilines is 2. The summed E-state index contributed by atoms with van der Waals surface area (Å²) in [7, 11) is 1.95. The highest BCUT2D eigenvalue weighted by molar-refractivity contribution is 6.30. The molecule has 1 aromatic heterocycles. The average Bonchev–Trinajstić information content (AvgIpc) is 2.87. The Kier molecular flexibility index (Phi) is 4.97. The maximum atomic E-state index is 9.42. The Bertz CT molecular complexity index is 959. The lowest BCUT2D eigenvalue weighted by atomic mass is 10.0. The Hall–Kier alpha value is -2.63. The number of aliphatic hydroxyl groups is 1. The summed E-state index contributed by atoms with van der Waals surface area (Å²) in [5.74, 6) is 1.51. The molecule has 0 aliphatic carbocycles. The summed E-state index contributed by atoms with van der Waals surface area (Å²) >= 11 is 6.04. The van der Waals surface area contributed by atoms with Crippen LogP contribution in [0.2, 0.25) is 5.02 Å². The van der Waals surface area contributed by atoms with Crippen molar-refractivity contribution in [3.05, 3.63) is 59.1 Å². The van der Waals surface area contributed by atoms with E-state index in [0.717, 1.165) is 46.9 Å². The van der Waals surface area contributed by atoms with Crippen molar-refractivity contribution < 1.29 is 5.11 Å². The Morgan fingerprint density at radius 2 is 1.89 bits per heavy atom. The number of nitrogens with zero attached hydrogens (tertiary/aromatic N) is 3. The molecule has 0 saturated heterocycles. The number of nitrogens with one attached hydrogen (secondary N) is 1. The highest BCUT2D eigenvalue weighted by Gasteiger charge is 2.22. The highest BCUT2D eigenvalue weighted by Crippen LogP contribution is 2.37. The van der Waals surface area contributed by atoms with Crippen molar-refractivity contribution in [2.75, 3.05) is 37.0 Å². The van der Waals surface area contributed by atoms with Crippen LogP contribution >= 0.6 is 11.6 Å². The van der Waals surface area contributed by atoms with E-state index in [1.807, 2.05) is 48.3 Å². The summed E-state index contributed by atoms with van der Waals surface area (Å²) in [6.07, 6.45) is 0.815. The Morgan fingerprint density at radius 1 is 1.11 bits per heavy atom. The molecule has 0 amide bonds. The first kappa shape index (κ1) is 17.8. The largest absolute Gasteiger partial charge is 0.395 e. The van der Waals surface area contributed by atoms with Crippen molar-refractivity contribution >= 4 is 23.1 Å². The first-order valence-corrected chi connectivity index (χ1v) is 9.37. The number of fused-ring (bicyclic) bond motifs is 3. The zero-order valence-corrected chi connectivity index (χ0v) is 15.9. The summed E-state index contributed by atoms with van der Waals surface area (Å²) in [6, 6.07) is 15.8. The van der Waals surface area contributed by atoms with Crippen LogP contribution in [0.3, 0.4) is 0 Å². The molecule has 4 rings (SSSR count). The number of rotatable bonds is 4. The van der Waals surface area contributed by atoms with E-state index in [0.29, 0.717) is 17.4 Å². The van der Waals surface area contributed by atoms with Crippen LogP contribution in [-0.2, 0) is 6.42 Å². The molecule has 0 bridgehead atoms. The van der Waals surface area contributed by atoms with Gasteiger partial charge in [0.2, 0.25) is 0 Å². The fourth-order valence-electron chi connectivity index (χ4n) is 3.39. The third kappa shape index (κ3) is 3.48. The quantitative estimate of drug-likeness (QED) is 0.719. The number of aromatic nitrogens is 2. The summed E-state index contributed by atoms with van der Waals surface area (Å²) in [5.41, 5.74) is 5.10. The first-order chi connectivity index (χ1) is 13.2. The van der Waals surface area contributed by atoms with Crippen molar-refractivity contribution in [2.24, 2.45) is 0 Å². The minimum atomic E-state index is 0.0698. The van der Waals surface area contributed by atoms with Crippen molar-refractivity contribution in [1.82, 2.24) is 9.97 Å². The molecule has 5 nitrogen and oxygen atoms in total. The third-order valence-electron chi connectivity index (χ3n) is 4.76. The number of likely N-dealkylation sites (N-methyl/N-ethyl adjacent to an activating group) is 1. The smallest absolute Gasteiger partial charge is 0.162 e. The second-order valence-corrected chi connectivity index (χ2v) is 7.01. The summed E-state index contributed by atoms with van der Waals surface area (Å²) in [4.78, 5) is 11.8. The van der Waals surface area contributed by atoms with Crippen LogP contribution in [-0.4, -0.2) is 41.8 Å². The maximum absolute atomic E-state index is 9.42. The number of halogens is 1. The fraction of sp³-hybridized carbons (Fsp3) is 0.238. The minimum Gasteiger partial charge on any atom is -0.395 e. The van der Waals surface area contributed by atoms with Crippen molar-refractivity contribution in [3.63, 3.8) is 0 Å². The predicted octanol–water partition coefficient (Wildman–Crippen LogP) is 3.86. The fourth-order valence-corrected chi connectivity index (χ4v) is 3.52. The third-order valence-corrected chi connectivity index (χ3v) is 5.01. The van der Waals surface area contributed by atoms with Gasteiger partial charge in [0.15, 0.2) is 5.82 Å². The van der Waals surface area contributed by atoms with Crippen LogP contribution in [0.1, 0.15) is 5.56 Å². The standard InChI is InChI=1S/C21H21ClN4O/c1-26(12-13-27)21-17-10-11-23-18-5-3-2-4-16(18)19(17)24-20(25-21)14-6-8-15(22)9-7-14/h2-9,23,27H,10-13H2,1H3. The average molecular weight is 381 g/mol. The lowest BCUT2D eigenvalue weighted by Gasteiger charge is -2.22. The van der Waals surface area contributed by atoms with Crippen LogP contribution in [0.4, 0.5) is 11.5 Å². The molecular formula is C21H21ClN4O. The summed E-state index contributed by atoms with van der Waals surface area (Å²) < 4.78 is 0. The molecule has 27 heavy (non-hydrogen) atoms. The molecule has 1 aliphatic heterocycles. The SMILES string of the molecule is CN(CCO)c1nc(-c2ccc(Cl)cc2)nc2c1CCNc1ccccc1-2. The van der Waals surface area contributed by atoms with Gasteiger partial charge in [-0.2, -0.15) is 0 Å². The molecule has 0 atom stereocenters. The van der Waals surface area contributed by atoms with Gasteiger partial charge in [-0.15, -0.1) is 0 Å². The van der Waals surface area contributed by atoms with Gasteiger partial charge in [0.1, 0.15) is 5.82 Å². The highest BCUT2D eigenvalue weighted by atomic mass is 35.5. The molecule has 0 unspecified atom stereocenters. The number of para-hydroxylation sites is 1. The van der Waals surface area contributed by atoms with E-state index >= 15 is 0 Å². The van der Waals surface area contributed by atoms with Crippen LogP contribution in [0.5, 0.6) is 0 Å². The molecule has 3 aromatic rings. The molecule has 2 N–H and O–H groups in total. The van der Waals surface area contributed by atoms with Gasteiger partial charge in [0.25, 0.3) is 0 Å². The lowest BCUT2D eigenvalue weighted by molar-refractivity contribution is 0.303. The number of hydrogen-bond acceptors (Lipinski definition) is 5. The van der Waals surface area contributed by atoms with E-state index < -0.39 is 0 Å². The Balaban J connectivity index is 1.95. The molecule has 138 valence electrons. The van der Waals surface area contributed by atoms with Gasteiger partial charge in [-0.25, -0.2) is 9.97 Å². The van der Waals surface area contributed by atoms with E-state index in [4.69, 9.17) is 21.6 Å². The maximum Gasteiger partial charge on any atom is 0.162 e. The minimum absolute atomic E-state index is 0.0698. The number of benzene rings is 2. The second-order valence-electron chi connectivity index (χ2n) is 6.57. The molecule has 0 radical (unpaired) electrons. The Morgan fingerprint density at radius 3 is 2.67 bits per heavy atom. The van der Waals surface area contributed by atoms with Crippen LogP contribution in [0, 0.1) is 0 Å². The first-order valence-electron chi connectivity index (χ1n) is 8.99. The zero-order valence-electron chi connectivity index (χ0n) is 15.1. The molecule has 0 saturated carbocycles. The molecule has 0 spiro atoms. The van der Waals surface area contributed by atoms with Gasteiger partial charge in [-0.3, -0.25) is 0 Å². The zero-order chi connectivity index (χ0) is 18.8. The number of aliphatic hydroxyl groups excluding tert-OH is 1.